The maximum atomic E-state index is 12.6. The van der Waals surface area contributed by atoms with Gasteiger partial charge in [-0.2, -0.15) is 0 Å². The van der Waals surface area contributed by atoms with Crippen LogP contribution in [0, 0.1) is 0 Å². The van der Waals surface area contributed by atoms with Crippen molar-refractivity contribution in [1.82, 2.24) is 0 Å². The molecule has 0 saturated heterocycles. The predicted octanol–water partition coefficient (Wildman–Crippen LogP) is 3.49. The molecule has 0 saturated carbocycles. The van der Waals surface area contributed by atoms with Gasteiger partial charge < -0.3 is 11.1 Å². The van der Waals surface area contributed by atoms with Crippen molar-refractivity contribution in [1.29, 1.82) is 0 Å². The fraction of sp³-hybridized carbons (Fsp3) is 0. The molecule has 2 amide bonds. The van der Waals surface area contributed by atoms with Crippen molar-refractivity contribution in [3.8, 4) is 0 Å². The predicted molar refractivity (Wildman–Crippen MR) is 112 cm³/mol. The van der Waals surface area contributed by atoms with E-state index in [2.05, 4.69) is 10.0 Å². The highest BCUT2D eigenvalue weighted by atomic mass is 35.5. The molecule has 0 bridgehead atoms. The van der Waals surface area contributed by atoms with E-state index in [0.29, 0.717) is 10.7 Å². The van der Waals surface area contributed by atoms with E-state index < -0.39 is 21.8 Å². The molecule has 0 unspecified atom stereocenters. The fourth-order valence-corrected chi connectivity index (χ4v) is 3.86. The Labute approximate surface area is 172 Å². The summed E-state index contributed by atoms with van der Waals surface area (Å²) in [5.41, 5.74) is 6.07. The second kappa shape index (κ2) is 8.34. The summed E-state index contributed by atoms with van der Waals surface area (Å²) in [7, 11) is -3.94. The number of anilines is 2. The Morgan fingerprint density at radius 1 is 0.897 bits per heavy atom. The fourth-order valence-electron chi connectivity index (χ4n) is 2.57. The Balaban J connectivity index is 1.85. The number of rotatable bonds is 6. The third kappa shape index (κ3) is 4.92. The van der Waals surface area contributed by atoms with Crippen molar-refractivity contribution >= 4 is 44.8 Å². The van der Waals surface area contributed by atoms with Crippen LogP contribution in [0.4, 0.5) is 11.4 Å². The number of nitrogens with two attached hydrogens (primary N) is 1. The molecule has 29 heavy (non-hydrogen) atoms. The number of para-hydroxylation sites is 1. The van der Waals surface area contributed by atoms with Crippen LogP contribution in [0.3, 0.4) is 0 Å². The summed E-state index contributed by atoms with van der Waals surface area (Å²) >= 11 is 5.88. The van der Waals surface area contributed by atoms with E-state index in [-0.39, 0.29) is 21.7 Å². The van der Waals surface area contributed by atoms with Crippen LogP contribution in [0.2, 0.25) is 5.02 Å². The largest absolute Gasteiger partial charge is 0.366 e. The van der Waals surface area contributed by atoms with Crippen LogP contribution in [0.25, 0.3) is 0 Å². The molecule has 0 aliphatic carbocycles. The van der Waals surface area contributed by atoms with Crippen molar-refractivity contribution < 1.29 is 18.0 Å². The highest BCUT2D eigenvalue weighted by molar-refractivity contribution is 7.92. The lowest BCUT2D eigenvalue weighted by molar-refractivity contribution is 0.100. The van der Waals surface area contributed by atoms with Crippen LogP contribution in [0.5, 0.6) is 0 Å². The Bertz CT molecular complexity index is 1200. The highest BCUT2D eigenvalue weighted by Gasteiger charge is 2.18. The molecular formula is C20H16ClN3O4S. The van der Waals surface area contributed by atoms with Crippen LogP contribution < -0.4 is 15.8 Å². The van der Waals surface area contributed by atoms with Gasteiger partial charge in [0, 0.05) is 10.6 Å². The number of carbonyl (C=O) groups is 2. The molecule has 0 heterocycles. The molecular weight excluding hydrogens is 414 g/mol. The van der Waals surface area contributed by atoms with Gasteiger partial charge in [-0.25, -0.2) is 8.42 Å². The lowest BCUT2D eigenvalue weighted by Crippen LogP contribution is -2.19. The number of nitrogens with one attached hydrogen (secondary N) is 2. The van der Waals surface area contributed by atoms with E-state index >= 15 is 0 Å². The normalized spacial score (nSPS) is 10.9. The van der Waals surface area contributed by atoms with E-state index in [9.17, 15) is 18.0 Å². The van der Waals surface area contributed by atoms with E-state index in [4.69, 9.17) is 17.3 Å². The molecule has 0 spiro atoms. The van der Waals surface area contributed by atoms with Gasteiger partial charge in [-0.1, -0.05) is 35.9 Å². The summed E-state index contributed by atoms with van der Waals surface area (Å²) in [6.45, 7) is 0. The third-order valence-electron chi connectivity index (χ3n) is 3.92. The van der Waals surface area contributed by atoms with Gasteiger partial charge in [0.15, 0.2) is 0 Å². The summed E-state index contributed by atoms with van der Waals surface area (Å²) in [4.78, 5) is 24.0. The molecule has 148 valence electrons. The zero-order valence-corrected chi connectivity index (χ0v) is 16.5. The van der Waals surface area contributed by atoms with Crippen LogP contribution in [-0.2, 0) is 10.0 Å². The summed E-state index contributed by atoms with van der Waals surface area (Å²) in [6, 6.07) is 18.0. The van der Waals surface area contributed by atoms with Gasteiger partial charge in [-0.3, -0.25) is 14.3 Å². The molecule has 3 rings (SSSR count). The van der Waals surface area contributed by atoms with Crippen LogP contribution >= 0.6 is 11.6 Å². The molecule has 4 N–H and O–H groups in total. The van der Waals surface area contributed by atoms with Gasteiger partial charge in [0.05, 0.1) is 21.8 Å². The first kappa shape index (κ1) is 20.4. The van der Waals surface area contributed by atoms with Gasteiger partial charge in [0.2, 0.25) is 0 Å². The van der Waals surface area contributed by atoms with Crippen molar-refractivity contribution in [2.24, 2.45) is 5.73 Å². The van der Waals surface area contributed by atoms with E-state index in [1.807, 2.05) is 0 Å². The minimum Gasteiger partial charge on any atom is -0.366 e. The third-order valence-corrected chi connectivity index (χ3v) is 5.54. The first-order chi connectivity index (χ1) is 13.8. The molecule has 7 nitrogen and oxygen atoms in total. The summed E-state index contributed by atoms with van der Waals surface area (Å²) < 4.78 is 27.7. The number of amides is 2. The number of halogens is 1. The van der Waals surface area contributed by atoms with Crippen molar-refractivity contribution in [2.75, 3.05) is 10.0 Å². The lowest BCUT2D eigenvalue weighted by atomic mass is 10.1. The van der Waals surface area contributed by atoms with Crippen LogP contribution in [0.15, 0.2) is 77.7 Å². The van der Waals surface area contributed by atoms with Gasteiger partial charge >= 0.3 is 0 Å². The molecule has 0 atom stereocenters. The average molecular weight is 430 g/mol. The first-order valence-electron chi connectivity index (χ1n) is 8.35. The molecule has 3 aromatic carbocycles. The first-order valence-corrected chi connectivity index (χ1v) is 10.2. The van der Waals surface area contributed by atoms with Gasteiger partial charge in [0.1, 0.15) is 0 Å². The Morgan fingerprint density at radius 3 is 2.34 bits per heavy atom. The molecule has 0 aliphatic heterocycles. The smallest absolute Gasteiger partial charge is 0.261 e. The second-order valence-corrected chi connectivity index (χ2v) is 8.13. The minimum atomic E-state index is -3.94. The number of sulfonamides is 1. The molecule has 0 radical (unpaired) electrons. The van der Waals surface area contributed by atoms with E-state index in [1.54, 1.807) is 30.3 Å². The molecule has 0 aliphatic rings. The highest BCUT2D eigenvalue weighted by Crippen LogP contribution is 2.21. The zero-order chi connectivity index (χ0) is 21.0. The van der Waals surface area contributed by atoms with Crippen molar-refractivity contribution in [2.45, 2.75) is 4.90 Å². The Kier molecular flexibility index (Phi) is 5.86. The maximum Gasteiger partial charge on any atom is 0.261 e. The van der Waals surface area contributed by atoms with Gasteiger partial charge in [-0.05, 0) is 48.5 Å². The Hall–Kier alpha value is -3.36. The van der Waals surface area contributed by atoms with Crippen LogP contribution in [-0.4, -0.2) is 20.2 Å². The van der Waals surface area contributed by atoms with Crippen molar-refractivity contribution in [3.05, 3.63) is 88.9 Å². The monoisotopic (exact) mass is 429 g/mol. The lowest BCUT2D eigenvalue weighted by Gasteiger charge is -2.11. The minimum absolute atomic E-state index is 0.0956. The number of hydrogen-bond acceptors (Lipinski definition) is 4. The second-order valence-electron chi connectivity index (χ2n) is 6.01. The quantitative estimate of drug-likeness (QED) is 0.555. The van der Waals surface area contributed by atoms with Crippen molar-refractivity contribution in [3.63, 3.8) is 0 Å². The molecule has 9 heteroatoms. The molecule has 0 fully saturated rings. The van der Waals surface area contributed by atoms with Crippen LogP contribution in [0.1, 0.15) is 20.7 Å². The van der Waals surface area contributed by atoms with E-state index in [1.165, 1.54) is 42.5 Å². The standard InChI is InChI=1S/C20H16ClN3O4S/c21-14-6-4-7-15(12-14)24-29(27,28)16-8-3-5-13(11-16)20(26)23-18-10-2-1-9-17(18)19(22)25/h1-12,24H,(H2,22,25)(H,23,26). The zero-order valence-electron chi connectivity index (χ0n) is 14.9. The summed E-state index contributed by atoms with van der Waals surface area (Å²) in [6.07, 6.45) is 0. The average Bonchev–Trinajstić information content (AvgIpc) is 2.68. The Morgan fingerprint density at radius 2 is 1.62 bits per heavy atom. The number of carbonyl (C=O) groups excluding carboxylic acids is 2. The maximum absolute atomic E-state index is 12.6. The molecule has 0 aromatic heterocycles. The number of primary amides is 1. The topological polar surface area (TPSA) is 118 Å². The van der Waals surface area contributed by atoms with Gasteiger partial charge in [-0.15, -0.1) is 0 Å². The SMILES string of the molecule is NC(=O)c1ccccc1NC(=O)c1cccc(S(=O)(=O)Nc2cccc(Cl)c2)c1. The summed E-state index contributed by atoms with van der Waals surface area (Å²) in [5.74, 6) is -1.28. The molecule has 3 aromatic rings. The number of hydrogen-bond donors (Lipinski definition) is 3. The van der Waals surface area contributed by atoms with E-state index in [0.717, 1.165) is 0 Å². The van der Waals surface area contributed by atoms with Gasteiger partial charge in [0.25, 0.3) is 21.8 Å². The summed E-state index contributed by atoms with van der Waals surface area (Å²) in [5, 5.41) is 2.95. The number of benzene rings is 3.